The van der Waals surface area contributed by atoms with Gasteiger partial charge in [0, 0.05) is 25.7 Å². The van der Waals surface area contributed by atoms with Gasteiger partial charge in [0.15, 0.2) is 0 Å². The lowest BCUT2D eigenvalue weighted by Gasteiger charge is -2.30. The highest BCUT2D eigenvalue weighted by atomic mass is 35.5. The fourth-order valence-corrected chi connectivity index (χ4v) is 6.27. The van der Waals surface area contributed by atoms with Gasteiger partial charge in [-0.2, -0.15) is 0 Å². The predicted octanol–water partition coefficient (Wildman–Crippen LogP) is 7.12. The minimum Gasteiger partial charge on any atom is -1.00 e. The maximum Gasteiger partial charge on any atom is 0.104 e. The van der Waals surface area contributed by atoms with E-state index >= 15 is 0 Å². The van der Waals surface area contributed by atoms with Gasteiger partial charge in [0.05, 0.1) is 20.6 Å². The number of thiophene rings is 1. The fraction of sp³-hybridized carbons (Fsp3) is 0.613. The number of hydrogen-bond donors (Lipinski definition) is 0. The van der Waals surface area contributed by atoms with Crippen LogP contribution >= 0.6 is 11.3 Å². The number of nitrogens with zero attached hydrogens (tertiary/aromatic N) is 1. The summed E-state index contributed by atoms with van der Waals surface area (Å²) in [5, 5.41) is 2.85. The van der Waals surface area contributed by atoms with Crippen LogP contribution in [0.15, 0.2) is 42.5 Å². The summed E-state index contributed by atoms with van der Waals surface area (Å²) in [6.07, 6.45) is 20.1. The molecule has 1 nitrogen and oxygen atoms in total. The topological polar surface area (TPSA) is 0 Å². The summed E-state index contributed by atoms with van der Waals surface area (Å²) in [5.74, 6) is 0. The molecule has 0 aliphatic carbocycles. The number of unbranched alkanes of at least 4 members (excludes halogenated alkanes) is 13. The number of benzene rings is 2. The van der Waals surface area contributed by atoms with Crippen molar-refractivity contribution in [2.75, 3.05) is 20.6 Å². The molecular formula is C31H48ClNS. The maximum atomic E-state index is 2.44. The normalized spacial score (nSPS) is 11.9. The molecule has 1 aromatic heterocycles. The van der Waals surface area contributed by atoms with Crippen molar-refractivity contribution in [3.05, 3.63) is 48.0 Å². The lowest BCUT2D eigenvalue weighted by Crippen LogP contribution is -3.00. The lowest BCUT2D eigenvalue weighted by atomic mass is 10.0. The van der Waals surface area contributed by atoms with Crippen LogP contribution in [0.5, 0.6) is 0 Å². The molecular weight excluding hydrogens is 454 g/mol. The molecule has 0 amide bonds. The molecule has 1 heterocycles. The van der Waals surface area contributed by atoms with Gasteiger partial charge in [-0.15, -0.1) is 11.3 Å². The number of rotatable bonds is 17. The van der Waals surface area contributed by atoms with E-state index in [-0.39, 0.29) is 12.4 Å². The first-order chi connectivity index (χ1) is 16.1. The molecule has 3 heteroatoms. The Morgan fingerprint density at radius 2 is 1.15 bits per heavy atom. The quantitative estimate of drug-likeness (QED) is 0.136. The zero-order valence-electron chi connectivity index (χ0n) is 22.1. The zero-order chi connectivity index (χ0) is 23.4. The van der Waals surface area contributed by atoms with Crippen LogP contribution in [0.2, 0.25) is 0 Å². The van der Waals surface area contributed by atoms with Gasteiger partial charge in [0.1, 0.15) is 6.54 Å². The molecule has 0 bridgehead atoms. The maximum absolute atomic E-state index is 2.44. The Balaban J connectivity index is 0.00000408. The summed E-state index contributed by atoms with van der Waals surface area (Å²) in [5.41, 5.74) is 1.47. The summed E-state index contributed by atoms with van der Waals surface area (Å²) in [6.45, 7) is 4.70. The summed E-state index contributed by atoms with van der Waals surface area (Å²) < 4.78 is 3.91. The monoisotopic (exact) mass is 501 g/mol. The first-order valence-corrected chi connectivity index (χ1v) is 14.6. The summed E-state index contributed by atoms with van der Waals surface area (Å²) >= 11 is 1.92. The van der Waals surface area contributed by atoms with E-state index in [1.165, 1.54) is 122 Å². The van der Waals surface area contributed by atoms with Crippen molar-refractivity contribution in [2.24, 2.45) is 0 Å². The van der Waals surface area contributed by atoms with Crippen molar-refractivity contribution in [1.82, 2.24) is 0 Å². The van der Waals surface area contributed by atoms with Crippen molar-refractivity contribution in [1.29, 1.82) is 0 Å². The second-order valence-corrected chi connectivity index (χ2v) is 11.9. The SMILES string of the molecule is CCCCCCCCCCCCCCCC[N+](C)(C)Cc1ccc2sc3ccccc3c2c1.[Cl-]. The second-order valence-electron chi connectivity index (χ2n) is 10.8. The Kier molecular flexibility index (Phi) is 13.6. The largest absolute Gasteiger partial charge is 1.00 e. The van der Waals surface area contributed by atoms with Crippen LogP contribution in [0.1, 0.15) is 102 Å². The van der Waals surface area contributed by atoms with Crippen molar-refractivity contribution < 1.29 is 16.9 Å². The van der Waals surface area contributed by atoms with E-state index in [9.17, 15) is 0 Å². The van der Waals surface area contributed by atoms with Crippen molar-refractivity contribution in [3.63, 3.8) is 0 Å². The molecule has 34 heavy (non-hydrogen) atoms. The highest BCUT2D eigenvalue weighted by molar-refractivity contribution is 7.25. The standard InChI is InChI=1S/C31H48NS.ClH/c1-4-5-6-7-8-9-10-11-12-13-14-15-16-19-24-32(2,3)26-27-22-23-31-29(25-27)28-20-17-18-21-30(28)33-31;/h17-18,20-23,25H,4-16,19,24,26H2,1-3H3;1H/q+1;/p-1. The van der Waals surface area contributed by atoms with Crippen LogP contribution in [0.25, 0.3) is 20.2 Å². The predicted molar refractivity (Wildman–Crippen MR) is 150 cm³/mol. The molecule has 0 N–H and O–H groups in total. The smallest absolute Gasteiger partial charge is 0.104 e. The first kappa shape index (κ1) is 29.1. The number of halogens is 1. The van der Waals surface area contributed by atoms with E-state index in [4.69, 9.17) is 0 Å². The van der Waals surface area contributed by atoms with Crippen molar-refractivity contribution in [2.45, 2.75) is 103 Å². The third kappa shape index (κ3) is 9.88. The van der Waals surface area contributed by atoms with Crippen LogP contribution in [0.4, 0.5) is 0 Å². The summed E-state index contributed by atoms with van der Waals surface area (Å²) in [4.78, 5) is 0. The Morgan fingerprint density at radius 3 is 1.76 bits per heavy atom. The van der Waals surface area contributed by atoms with E-state index < -0.39 is 0 Å². The molecule has 0 fully saturated rings. The Morgan fingerprint density at radius 1 is 0.618 bits per heavy atom. The molecule has 0 aliphatic heterocycles. The van der Waals surface area contributed by atoms with Gasteiger partial charge in [-0.05, 0) is 31.0 Å². The molecule has 3 rings (SSSR count). The molecule has 0 atom stereocenters. The molecule has 3 aromatic rings. The fourth-order valence-electron chi connectivity index (χ4n) is 5.18. The van der Waals surface area contributed by atoms with Crippen molar-refractivity contribution in [3.8, 4) is 0 Å². The van der Waals surface area contributed by atoms with Gasteiger partial charge in [-0.25, -0.2) is 0 Å². The van der Waals surface area contributed by atoms with Gasteiger partial charge in [-0.1, -0.05) is 108 Å². The van der Waals surface area contributed by atoms with Crippen LogP contribution in [-0.4, -0.2) is 25.1 Å². The van der Waals surface area contributed by atoms with E-state index in [1.54, 1.807) is 0 Å². The third-order valence-electron chi connectivity index (χ3n) is 7.17. The molecule has 0 spiro atoms. The van der Waals surface area contributed by atoms with Gasteiger partial charge >= 0.3 is 0 Å². The Bertz CT molecular complexity index is 945. The van der Waals surface area contributed by atoms with Gasteiger partial charge in [0.25, 0.3) is 0 Å². The summed E-state index contributed by atoms with van der Waals surface area (Å²) in [7, 11) is 4.80. The molecule has 2 aromatic carbocycles. The van der Waals surface area contributed by atoms with Crippen LogP contribution in [0.3, 0.4) is 0 Å². The average Bonchev–Trinajstić information content (AvgIpc) is 3.17. The number of hydrogen-bond acceptors (Lipinski definition) is 1. The lowest BCUT2D eigenvalue weighted by molar-refractivity contribution is -0.903. The Hall–Kier alpha value is -1.09. The molecule has 0 saturated heterocycles. The molecule has 0 radical (unpaired) electrons. The number of quaternary nitrogens is 1. The van der Waals surface area contributed by atoms with Gasteiger partial charge in [0.2, 0.25) is 0 Å². The van der Waals surface area contributed by atoms with E-state index in [1.807, 2.05) is 11.3 Å². The third-order valence-corrected chi connectivity index (χ3v) is 8.32. The van der Waals surface area contributed by atoms with Gasteiger partial charge in [-0.3, -0.25) is 0 Å². The van der Waals surface area contributed by atoms with Crippen LogP contribution in [0, 0.1) is 0 Å². The van der Waals surface area contributed by atoms with Crippen molar-refractivity contribution >= 4 is 31.5 Å². The Labute approximate surface area is 219 Å². The molecule has 190 valence electrons. The highest BCUT2D eigenvalue weighted by Crippen LogP contribution is 2.34. The average molecular weight is 502 g/mol. The second kappa shape index (κ2) is 15.8. The van der Waals surface area contributed by atoms with Gasteiger partial charge < -0.3 is 16.9 Å². The molecule has 0 saturated carbocycles. The first-order valence-electron chi connectivity index (χ1n) is 13.8. The van der Waals surface area contributed by atoms with E-state index in [2.05, 4.69) is 63.5 Å². The number of fused-ring (bicyclic) bond motifs is 3. The highest BCUT2D eigenvalue weighted by Gasteiger charge is 2.16. The molecule has 0 unspecified atom stereocenters. The zero-order valence-corrected chi connectivity index (χ0v) is 23.7. The minimum atomic E-state index is 0. The van der Waals surface area contributed by atoms with Crippen LogP contribution in [-0.2, 0) is 6.54 Å². The van der Waals surface area contributed by atoms with E-state index in [0.29, 0.717) is 0 Å². The van der Waals surface area contributed by atoms with E-state index in [0.717, 1.165) is 11.0 Å². The molecule has 0 aliphatic rings. The van der Waals surface area contributed by atoms with Crippen LogP contribution < -0.4 is 12.4 Å². The minimum absolute atomic E-state index is 0. The summed E-state index contributed by atoms with van der Waals surface area (Å²) in [6, 6.07) is 16.0.